The second-order valence-corrected chi connectivity index (χ2v) is 21.0. The number of nitro groups is 1. The summed E-state index contributed by atoms with van der Waals surface area (Å²) in [5, 5.41) is 16.8. The van der Waals surface area contributed by atoms with Crippen LogP contribution in [0.15, 0.2) is 94.5 Å². The lowest BCUT2D eigenvalue weighted by atomic mass is 9.72. The number of carbonyl (C=O) groups is 1. The summed E-state index contributed by atoms with van der Waals surface area (Å²) in [5.74, 6) is -0.0753. The highest BCUT2D eigenvalue weighted by molar-refractivity contribution is 7.99. The van der Waals surface area contributed by atoms with Crippen molar-refractivity contribution in [1.29, 1.82) is 0 Å². The van der Waals surface area contributed by atoms with E-state index in [1.165, 1.54) is 53.1 Å². The van der Waals surface area contributed by atoms with Crippen LogP contribution in [0.5, 0.6) is 11.5 Å². The molecule has 2 aromatic heterocycles. The number of carbonyl (C=O) groups excluding carboxylic acids is 1. The molecule has 2 aliphatic heterocycles. The van der Waals surface area contributed by atoms with E-state index >= 15 is 0 Å². The van der Waals surface area contributed by atoms with Crippen LogP contribution in [0, 0.1) is 15.5 Å². The van der Waals surface area contributed by atoms with Crippen LogP contribution in [0.2, 0.25) is 5.02 Å². The summed E-state index contributed by atoms with van der Waals surface area (Å²) in [6.07, 6.45) is 8.27. The van der Waals surface area contributed by atoms with Crippen molar-refractivity contribution in [3.8, 4) is 11.5 Å². The minimum absolute atomic E-state index is 0.0569. The van der Waals surface area contributed by atoms with Gasteiger partial charge < -0.3 is 19.9 Å². The molecule has 5 aromatic rings. The zero-order valence-corrected chi connectivity index (χ0v) is 38.2. The Morgan fingerprint density at radius 1 is 1.10 bits per heavy atom. The number of allylic oxidation sites excluding steroid dienone is 1. The molecule has 3 aliphatic rings. The van der Waals surface area contributed by atoms with Crippen LogP contribution in [-0.4, -0.2) is 95.7 Å². The van der Waals surface area contributed by atoms with Crippen molar-refractivity contribution in [1.82, 2.24) is 19.6 Å². The Hall–Kier alpha value is -4.98. The van der Waals surface area contributed by atoms with E-state index in [0.717, 1.165) is 61.1 Å². The van der Waals surface area contributed by atoms with Gasteiger partial charge in [-0.05, 0) is 84.7 Å². The van der Waals surface area contributed by atoms with E-state index < -0.39 is 42.5 Å². The minimum Gasteiger partial charge on any atom is -0.455 e. The van der Waals surface area contributed by atoms with Gasteiger partial charge in [-0.2, -0.15) is 0 Å². The molecule has 19 heteroatoms. The molecule has 332 valence electrons. The topological polar surface area (TPSA) is 189 Å². The number of piperazine rings is 1. The first-order valence-corrected chi connectivity index (χ1v) is 24.9. The maximum atomic E-state index is 14.0. The first-order chi connectivity index (χ1) is 30.1. The van der Waals surface area contributed by atoms with Crippen molar-refractivity contribution >= 4 is 84.0 Å². The summed E-state index contributed by atoms with van der Waals surface area (Å²) < 4.78 is 52.6. The molecule has 1 amide bonds. The van der Waals surface area contributed by atoms with E-state index in [4.69, 9.17) is 20.5 Å². The summed E-state index contributed by atoms with van der Waals surface area (Å²) in [6.45, 7) is 8.74. The Morgan fingerprint density at radius 2 is 1.87 bits per heavy atom. The lowest BCUT2D eigenvalue weighted by molar-refractivity contribution is -0.384. The largest absolute Gasteiger partial charge is 0.455 e. The normalized spacial score (nSPS) is 18.4. The number of aromatic amines is 1. The molecule has 0 bridgehead atoms. The van der Waals surface area contributed by atoms with Crippen LogP contribution in [0.1, 0.15) is 55.5 Å². The fourth-order valence-corrected chi connectivity index (χ4v) is 10.9. The van der Waals surface area contributed by atoms with Crippen LogP contribution in [0.25, 0.3) is 16.6 Å². The van der Waals surface area contributed by atoms with Gasteiger partial charge in [-0.3, -0.25) is 24.0 Å². The smallest absolute Gasteiger partial charge is 0.294 e. The molecule has 0 spiro atoms. The summed E-state index contributed by atoms with van der Waals surface area (Å²) >= 11 is 6.03. The van der Waals surface area contributed by atoms with Crippen molar-refractivity contribution in [2.75, 3.05) is 61.6 Å². The molecule has 8 rings (SSSR count). The van der Waals surface area contributed by atoms with Crippen LogP contribution >= 0.6 is 23.4 Å². The van der Waals surface area contributed by atoms with Gasteiger partial charge in [0.2, 0.25) is 0 Å². The molecule has 1 saturated heterocycles. The molecular formula is C44H48ClN7O8S3. The van der Waals surface area contributed by atoms with Crippen LogP contribution in [0.3, 0.4) is 0 Å². The average molecular weight is 935 g/mol. The van der Waals surface area contributed by atoms with Crippen LogP contribution < -0.4 is 19.7 Å². The van der Waals surface area contributed by atoms with Crippen molar-refractivity contribution in [3.05, 3.63) is 111 Å². The number of sulfonamides is 1. The highest BCUT2D eigenvalue weighted by Gasteiger charge is 2.33. The van der Waals surface area contributed by atoms with Gasteiger partial charge >= 0.3 is 0 Å². The van der Waals surface area contributed by atoms with Crippen molar-refractivity contribution < 1.29 is 31.3 Å². The number of rotatable bonds is 14. The highest BCUT2D eigenvalue weighted by atomic mass is 35.5. The predicted octanol–water partition coefficient (Wildman–Crippen LogP) is 8.41. The molecule has 63 heavy (non-hydrogen) atoms. The van der Waals surface area contributed by atoms with Crippen molar-refractivity contribution in [2.24, 2.45) is 5.41 Å². The maximum Gasteiger partial charge on any atom is 0.294 e. The lowest BCUT2D eigenvalue weighted by Crippen LogP contribution is -2.47. The maximum absolute atomic E-state index is 14.0. The first-order valence-electron chi connectivity index (χ1n) is 20.6. The SMILES string of the molecule is CS(=O)OCC[C@H]1CSc2cc(S(=O)(=O)NC(=O)c3ccc(N4CCN(CC5=C(c6ccc(Cl)cc6)CC(C)(C)CC5)CC4)cc3Oc3cnc4[nH]ccc4c3)cc([N+](=O)[O-])c2N1. The molecule has 1 fully saturated rings. The average Bonchev–Trinajstić information content (AvgIpc) is 3.72. The third-order valence-corrected chi connectivity index (χ3v) is 14.9. The van der Waals surface area contributed by atoms with Gasteiger partial charge in [0.1, 0.15) is 22.8 Å². The Labute approximate surface area is 377 Å². The van der Waals surface area contributed by atoms with E-state index in [-0.39, 0.29) is 35.1 Å². The molecule has 2 atom stereocenters. The molecule has 4 heterocycles. The molecule has 0 radical (unpaired) electrons. The van der Waals surface area contributed by atoms with E-state index in [1.807, 2.05) is 18.2 Å². The standard InChI is InChI=1S/C44H48ClN7O8S3/c1-44(2)13-10-30(37(24-44)28-4-6-31(45)7-5-28)26-50-15-17-51(18-16-50)33-8-9-36(39(21-33)60-34-20-29-11-14-46-42(29)47-25-34)43(53)49-63(57,58)35-22-38(52(54)55)41-40(23-35)61-27-32(48-41)12-19-59-62(3)56/h4-9,11,14,20-23,25,32,48H,10,12-13,15-19,24,26-27H2,1-3H3,(H,46,47)(H,49,53)/t32-,62?/m0/s1. The van der Waals surface area contributed by atoms with Crippen LogP contribution in [0.4, 0.5) is 17.1 Å². The second-order valence-electron chi connectivity index (χ2n) is 16.7. The Morgan fingerprint density at radius 3 is 2.62 bits per heavy atom. The van der Waals surface area contributed by atoms with Crippen molar-refractivity contribution in [2.45, 2.75) is 55.4 Å². The number of H-pyrrole nitrogens is 1. The predicted molar refractivity (Wildman–Crippen MR) is 248 cm³/mol. The Bertz CT molecular complexity index is 2720. The highest BCUT2D eigenvalue weighted by Crippen LogP contribution is 2.44. The van der Waals surface area contributed by atoms with Crippen molar-refractivity contribution in [3.63, 3.8) is 0 Å². The molecule has 0 saturated carbocycles. The number of benzene rings is 3. The number of nitrogens with zero attached hydrogens (tertiary/aromatic N) is 4. The van der Waals surface area contributed by atoms with Gasteiger partial charge in [-0.1, -0.05) is 43.2 Å². The number of anilines is 2. The molecule has 3 N–H and O–H groups in total. The number of fused-ring (bicyclic) bond motifs is 2. The summed E-state index contributed by atoms with van der Waals surface area (Å²) in [7, 11) is -4.62. The summed E-state index contributed by atoms with van der Waals surface area (Å²) in [4.78, 5) is 37.6. The third-order valence-electron chi connectivity index (χ3n) is 11.6. The zero-order chi connectivity index (χ0) is 44.5. The molecule has 3 aromatic carbocycles. The number of halogens is 1. The zero-order valence-electron chi connectivity index (χ0n) is 35.0. The fraction of sp³-hybridized carbons (Fsp3) is 0.364. The monoisotopic (exact) mass is 933 g/mol. The number of hydrogen-bond donors (Lipinski definition) is 3. The van der Waals surface area contributed by atoms with Gasteiger partial charge in [0.05, 0.1) is 28.2 Å². The summed E-state index contributed by atoms with van der Waals surface area (Å²) in [5.41, 5.74) is 5.40. The van der Waals surface area contributed by atoms with E-state index in [9.17, 15) is 27.5 Å². The molecule has 15 nitrogen and oxygen atoms in total. The second kappa shape index (κ2) is 18.6. The third kappa shape index (κ3) is 10.5. The lowest BCUT2D eigenvalue weighted by Gasteiger charge is -2.39. The molecule has 1 unspecified atom stereocenters. The van der Waals surface area contributed by atoms with E-state index in [2.05, 4.69) is 55.8 Å². The number of nitrogens with one attached hydrogen (secondary N) is 3. The number of ether oxygens (including phenoxy) is 1. The van der Waals surface area contributed by atoms with Crippen LogP contribution in [-0.2, 0) is 25.3 Å². The van der Waals surface area contributed by atoms with Gasteiger partial charge in [-0.25, -0.2) is 22.3 Å². The quantitative estimate of drug-likeness (QED) is 0.0712. The number of hydrogen-bond acceptors (Lipinski definition) is 13. The van der Waals surface area contributed by atoms with E-state index in [0.29, 0.717) is 41.6 Å². The molecular weight excluding hydrogens is 886 g/mol. The van der Waals surface area contributed by atoms with E-state index in [1.54, 1.807) is 24.4 Å². The molecule has 1 aliphatic carbocycles. The number of aromatic nitrogens is 2. The van der Waals surface area contributed by atoms with Gasteiger partial charge in [0.25, 0.3) is 21.6 Å². The van der Waals surface area contributed by atoms with Gasteiger partial charge in [0, 0.05) is 90.1 Å². The fourth-order valence-electron chi connectivity index (χ4n) is 8.25. The first kappa shape index (κ1) is 44.6. The Balaban J connectivity index is 1.02. The number of thioether (sulfide) groups is 1. The number of nitro benzene ring substituents is 1. The number of pyridine rings is 1. The Kier molecular flexibility index (Phi) is 13.2. The van der Waals surface area contributed by atoms with Gasteiger partial charge in [0.15, 0.2) is 11.1 Å². The minimum atomic E-state index is -4.62. The van der Waals surface area contributed by atoms with Gasteiger partial charge in [-0.15, -0.1) is 11.8 Å². The number of amides is 1. The summed E-state index contributed by atoms with van der Waals surface area (Å²) in [6, 6.07) is 18.8.